The smallest absolute Gasteiger partial charge is 0.163 e. The summed E-state index contributed by atoms with van der Waals surface area (Å²) in [7, 11) is 0. The van der Waals surface area contributed by atoms with E-state index in [1.54, 1.807) is 0 Å². The van der Waals surface area contributed by atoms with E-state index in [0.29, 0.717) is 29.2 Å². The van der Waals surface area contributed by atoms with Crippen molar-refractivity contribution < 1.29 is 15.0 Å². The molecule has 0 bridgehead atoms. The van der Waals surface area contributed by atoms with Crippen LogP contribution in [0.4, 0.5) is 0 Å². The van der Waals surface area contributed by atoms with Crippen LogP contribution in [0, 0.1) is 23.2 Å². The maximum atomic E-state index is 11.9. The van der Waals surface area contributed by atoms with Gasteiger partial charge in [0.15, 0.2) is 5.78 Å². The molecule has 0 amide bonds. The van der Waals surface area contributed by atoms with Crippen molar-refractivity contribution in [3.05, 3.63) is 28.8 Å². The van der Waals surface area contributed by atoms with E-state index in [0.717, 1.165) is 32.1 Å². The second-order valence-electron chi connectivity index (χ2n) is 8.73. The summed E-state index contributed by atoms with van der Waals surface area (Å²) in [4.78, 5) is 11.9. The van der Waals surface area contributed by atoms with Crippen molar-refractivity contribution in [1.29, 1.82) is 0 Å². The first-order chi connectivity index (χ1) is 11.3. The van der Waals surface area contributed by atoms with Gasteiger partial charge >= 0.3 is 0 Å². The number of hydrogen-bond donors (Lipinski definition) is 2. The first-order valence-corrected chi connectivity index (χ1v) is 9.37. The number of Topliss-reactive ketones (excluding diaryl/α,β-unsaturated/α-hetero) is 1. The molecule has 0 heterocycles. The fourth-order valence-electron chi connectivity index (χ4n) is 6.26. The molecule has 0 spiro atoms. The molecule has 6 atom stereocenters. The van der Waals surface area contributed by atoms with E-state index in [9.17, 15) is 15.0 Å². The predicted molar refractivity (Wildman–Crippen MR) is 93.3 cm³/mol. The Labute approximate surface area is 144 Å². The van der Waals surface area contributed by atoms with Crippen molar-refractivity contribution >= 4 is 5.78 Å². The zero-order valence-corrected chi connectivity index (χ0v) is 14.9. The Morgan fingerprint density at radius 2 is 2.00 bits per heavy atom. The Balaban J connectivity index is 1.79. The highest BCUT2D eigenvalue weighted by molar-refractivity contribution is 5.97. The Kier molecular flexibility index (Phi) is 3.58. The average Bonchev–Trinajstić information content (AvgIpc) is 2.82. The largest absolute Gasteiger partial charge is 0.507 e. The third-order valence-corrected chi connectivity index (χ3v) is 7.52. The van der Waals surface area contributed by atoms with Crippen molar-refractivity contribution in [3.8, 4) is 5.75 Å². The lowest BCUT2D eigenvalue weighted by Crippen LogP contribution is -2.46. The van der Waals surface area contributed by atoms with Gasteiger partial charge < -0.3 is 10.2 Å². The van der Waals surface area contributed by atoms with Crippen molar-refractivity contribution in [2.75, 3.05) is 0 Å². The van der Waals surface area contributed by atoms with Gasteiger partial charge in [0.25, 0.3) is 0 Å². The molecule has 1 unspecified atom stereocenters. The number of aromatic hydroxyl groups is 1. The van der Waals surface area contributed by atoms with E-state index >= 15 is 0 Å². The minimum atomic E-state index is -0.162. The number of ketones is 1. The Hall–Kier alpha value is -1.35. The van der Waals surface area contributed by atoms with Crippen molar-refractivity contribution in [3.63, 3.8) is 0 Å². The summed E-state index contributed by atoms with van der Waals surface area (Å²) in [5.41, 5.74) is 3.02. The van der Waals surface area contributed by atoms with Crippen LogP contribution >= 0.6 is 0 Å². The van der Waals surface area contributed by atoms with Gasteiger partial charge in [-0.2, -0.15) is 0 Å². The van der Waals surface area contributed by atoms with Crippen molar-refractivity contribution in [2.45, 2.75) is 64.9 Å². The van der Waals surface area contributed by atoms with E-state index in [4.69, 9.17) is 0 Å². The maximum Gasteiger partial charge on any atom is 0.163 e. The number of rotatable bonds is 1. The van der Waals surface area contributed by atoms with Crippen LogP contribution in [0.25, 0.3) is 0 Å². The molecule has 4 rings (SSSR count). The van der Waals surface area contributed by atoms with E-state index in [1.165, 1.54) is 18.1 Å². The number of phenols is 1. The van der Waals surface area contributed by atoms with Gasteiger partial charge in [-0.15, -0.1) is 0 Å². The monoisotopic (exact) mass is 328 g/mol. The highest BCUT2D eigenvalue weighted by Gasteiger charge is 2.56. The first kappa shape index (κ1) is 16.1. The number of aliphatic hydroxyl groups is 1. The fraction of sp³-hybridized carbons (Fsp3) is 0.667. The lowest BCUT2D eigenvalue weighted by Gasteiger charge is -2.52. The highest BCUT2D eigenvalue weighted by atomic mass is 16.3. The number of benzene rings is 1. The van der Waals surface area contributed by atoms with Gasteiger partial charge in [-0.25, -0.2) is 0 Å². The van der Waals surface area contributed by atoms with E-state index in [-0.39, 0.29) is 23.1 Å². The molecule has 3 nitrogen and oxygen atoms in total. The summed E-state index contributed by atoms with van der Waals surface area (Å²) in [6.07, 6.45) is 4.99. The second kappa shape index (κ2) is 5.32. The quantitative estimate of drug-likeness (QED) is 0.764. The summed E-state index contributed by atoms with van der Waals surface area (Å²) in [5, 5.41) is 20.7. The molecule has 1 aromatic rings. The molecular weight excluding hydrogens is 300 g/mol. The minimum absolute atomic E-state index is 0.0628. The van der Waals surface area contributed by atoms with Gasteiger partial charge in [0.05, 0.1) is 11.7 Å². The van der Waals surface area contributed by atoms with E-state index < -0.39 is 0 Å². The average molecular weight is 328 g/mol. The molecular formula is C21H28O3. The molecule has 3 aliphatic rings. The molecule has 0 radical (unpaired) electrons. The molecule has 0 aromatic heterocycles. The molecule has 2 N–H and O–H groups in total. The molecule has 3 heteroatoms. The van der Waals surface area contributed by atoms with Gasteiger partial charge in [0.2, 0.25) is 0 Å². The van der Waals surface area contributed by atoms with Gasteiger partial charge in [0.1, 0.15) is 5.75 Å². The van der Waals surface area contributed by atoms with Crippen LogP contribution in [-0.4, -0.2) is 22.1 Å². The normalized spacial score (nSPS) is 40.6. The Bertz CT molecular complexity index is 695. The number of fused-ring (bicyclic) bond motifs is 5. The number of phenolic OH excluding ortho intramolecular Hbond substituents is 1. The standard InChI is InChI=1S/C21H28O3/c1-11-8-13-9-18(23)15(12(2)22)10-16(13)14-6-7-21(3)17(20(11)14)4-5-19(21)24/h9-11,14,17,19-20,23-24H,4-8H2,1-3H3/t11?,14-,17+,19-,20-,21+/m1/s1. The summed E-state index contributed by atoms with van der Waals surface area (Å²) < 4.78 is 0. The Morgan fingerprint density at radius 1 is 1.25 bits per heavy atom. The number of carbonyl (C=O) groups is 1. The molecule has 0 saturated heterocycles. The van der Waals surface area contributed by atoms with Crippen LogP contribution in [-0.2, 0) is 6.42 Å². The topological polar surface area (TPSA) is 57.5 Å². The second-order valence-corrected chi connectivity index (χ2v) is 8.73. The molecule has 24 heavy (non-hydrogen) atoms. The van der Waals surface area contributed by atoms with Gasteiger partial charge in [0, 0.05) is 0 Å². The summed E-state index contributed by atoms with van der Waals surface area (Å²) >= 11 is 0. The zero-order chi connectivity index (χ0) is 17.2. The van der Waals surface area contributed by atoms with Crippen molar-refractivity contribution in [2.24, 2.45) is 23.2 Å². The third kappa shape index (κ3) is 2.10. The Morgan fingerprint density at radius 3 is 2.71 bits per heavy atom. The molecule has 3 aliphatic carbocycles. The number of carbonyl (C=O) groups excluding carboxylic acids is 1. The third-order valence-electron chi connectivity index (χ3n) is 7.52. The first-order valence-electron chi connectivity index (χ1n) is 9.37. The van der Waals surface area contributed by atoms with Gasteiger partial charge in [-0.05, 0) is 91.4 Å². The lowest BCUT2D eigenvalue weighted by atomic mass is 9.53. The van der Waals surface area contributed by atoms with Crippen LogP contribution in [0.1, 0.15) is 73.9 Å². The highest BCUT2D eigenvalue weighted by Crippen LogP contribution is 2.62. The fourth-order valence-corrected chi connectivity index (χ4v) is 6.26. The molecule has 2 fully saturated rings. The van der Waals surface area contributed by atoms with Crippen LogP contribution in [0.5, 0.6) is 5.75 Å². The molecule has 130 valence electrons. The molecule has 2 saturated carbocycles. The van der Waals surface area contributed by atoms with Crippen LogP contribution in [0.2, 0.25) is 0 Å². The molecule has 0 aliphatic heterocycles. The maximum absolute atomic E-state index is 11.9. The van der Waals surface area contributed by atoms with E-state index in [1.807, 2.05) is 12.1 Å². The summed E-state index contributed by atoms with van der Waals surface area (Å²) in [6, 6.07) is 3.79. The predicted octanol–water partition coefficient (Wildman–Crippen LogP) is 4.06. The zero-order valence-electron chi connectivity index (χ0n) is 14.9. The number of aliphatic hydroxyl groups excluding tert-OH is 1. The van der Waals surface area contributed by atoms with Crippen molar-refractivity contribution in [1.82, 2.24) is 0 Å². The summed E-state index contributed by atoms with van der Waals surface area (Å²) in [5.74, 6) is 2.24. The minimum Gasteiger partial charge on any atom is -0.507 e. The lowest BCUT2D eigenvalue weighted by molar-refractivity contribution is -0.0356. The number of hydrogen-bond acceptors (Lipinski definition) is 3. The van der Waals surface area contributed by atoms with Gasteiger partial charge in [-0.1, -0.05) is 13.8 Å². The van der Waals surface area contributed by atoms with E-state index in [2.05, 4.69) is 13.8 Å². The van der Waals surface area contributed by atoms with Crippen LogP contribution < -0.4 is 0 Å². The SMILES string of the molecule is CC(=O)c1cc2c(cc1O)CC(C)[C@@H]1[C@@H]2CC[C@]2(C)[C@H](O)CC[C@@H]12. The van der Waals surface area contributed by atoms with Crippen LogP contribution in [0.3, 0.4) is 0 Å². The summed E-state index contributed by atoms with van der Waals surface area (Å²) in [6.45, 7) is 6.13. The molecule has 1 aromatic carbocycles. The van der Waals surface area contributed by atoms with Crippen LogP contribution in [0.15, 0.2) is 12.1 Å². The van der Waals surface area contributed by atoms with Gasteiger partial charge in [-0.3, -0.25) is 4.79 Å².